The molecule has 0 aromatic heterocycles. The number of alkyl halides is 3. The van der Waals surface area contributed by atoms with Crippen LogP contribution in [0.2, 0.25) is 0 Å². The minimum Gasteiger partial charge on any atom is -0.311 e. The minimum absolute atomic E-state index is 0.0948. The van der Waals surface area contributed by atoms with E-state index >= 15 is 0 Å². The zero-order valence-corrected chi connectivity index (χ0v) is 14.6. The van der Waals surface area contributed by atoms with Crippen molar-refractivity contribution in [3.8, 4) is 0 Å². The molecular formula is C15H29F3N2S. The summed E-state index contributed by atoms with van der Waals surface area (Å²) >= 11 is 0.0948. The fourth-order valence-electron chi connectivity index (χ4n) is 2.76. The Balaban J connectivity index is 2.60. The van der Waals surface area contributed by atoms with Gasteiger partial charge in [0.05, 0.1) is 0 Å². The third-order valence-electron chi connectivity index (χ3n) is 3.97. The molecule has 1 aliphatic heterocycles. The van der Waals surface area contributed by atoms with Gasteiger partial charge in [0, 0.05) is 37.5 Å². The Bertz CT molecular complexity index is 313. The van der Waals surface area contributed by atoms with Crippen LogP contribution in [-0.2, 0) is 0 Å². The molecule has 1 rings (SSSR count). The van der Waals surface area contributed by atoms with Gasteiger partial charge in [0.15, 0.2) is 0 Å². The predicted molar refractivity (Wildman–Crippen MR) is 84.6 cm³/mol. The van der Waals surface area contributed by atoms with Crippen LogP contribution in [-0.4, -0.2) is 47.9 Å². The van der Waals surface area contributed by atoms with E-state index in [9.17, 15) is 13.2 Å². The molecule has 6 heteroatoms. The standard InChI is InChI=1S/C15H29F3N2S/c1-11(2)8-12-9-19-13(14(3,4)5)10-20(12)6-7-21-15(16,17)18/h11-13,19H,6-10H2,1-5H3. The van der Waals surface area contributed by atoms with Crippen molar-refractivity contribution in [3.05, 3.63) is 0 Å². The lowest BCUT2D eigenvalue weighted by Crippen LogP contribution is -2.60. The Morgan fingerprint density at radius 1 is 1.24 bits per heavy atom. The van der Waals surface area contributed by atoms with Gasteiger partial charge in [-0.05, 0) is 29.5 Å². The molecule has 0 aliphatic carbocycles. The van der Waals surface area contributed by atoms with Gasteiger partial charge in [0.1, 0.15) is 0 Å². The third-order valence-corrected chi connectivity index (χ3v) is 4.68. The second-order valence-electron chi connectivity index (χ2n) is 7.40. The molecule has 1 heterocycles. The van der Waals surface area contributed by atoms with Crippen molar-refractivity contribution in [3.63, 3.8) is 0 Å². The molecule has 0 spiro atoms. The summed E-state index contributed by atoms with van der Waals surface area (Å²) in [6, 6.07) is 0.675. The van der Waals surface area contributed by atoms with E-state index in [1.165, 1.54) is 0 Å². The minimum atomic E-state index is -4.12. The summed E-state index contributed by atoms with van der Waals surface area (Å²) in [6.45, 7) is 13.1. The highest BCUT2D eigenvalue weighted by Gasteiger charge is 2.35. The first-order valence-corrected chi connectivity index (χ1v) is 8.65. The zero-order valence-electron chi connectivity index (χ0n) is 13.8. The van der Waals surface area contributed by atoms with Crippen LogP contribution in [0.4, 0.5) is 13.2 Å². The molecule has 1 aliphatic rings. The van der Waals surface area contributed by atoms with E-state index in [2.05, 4.69) is 44.8 Å². The highest BCUT2D eigenvalue weighted by atomic mass is 32.2. The van der Waals surface area contributed by atoms with Crippen LogP contribution in [0.3, 0.4) is 0 Å². The van der Waals surface area contributed by atoms with Crippen LogP contribution in [0.5, 0.6) is 0 Å². The summed E-state index contributed by atoms with van der Waals surface area (Å²) in [5.41, 5.74) is -4.00. The van der Waals surface area contributed by atoms with Crippen LogP contribution in [0.25, 0.3) is 0 Å². The highest BCUT2D eigenvalue weighted by molar-refractivity contribution is 8.00. The molecule has 2 atom stereocenters. The second-order valence-corrected chi connectivity index (χ2v) is 8.56. The molecule has 0 aromatic carbocycles. The fraction of sp³-hybridized carbons (Fsp3) is 1.00. The van der Waals surface area contributed by atoms with Gasteiger partial charge >= 0.3 is 5.51 Å². The zero-order chi connectivity index (χ0) is 16.3. The molecule has 0 radical (unpaired) electrons. The summed E-state index contributed by atoms with van der Waals surface area (Å²) in [5, 5.41) is 3.58. The monoisotopic (exact) mass is 326 g/mol. The summed E-state index contributed by atoms with van der Waals surface area (Å²) in [5.74, 6) is 0.676. The maximum atomic E-state index is 12.3. The normalized spacial score (nSPS) is 25.6. The van der Waals surface area contributed by atoms with Gasteiger partial charge in [-0.15, -0.1) is 0 Å². The van der Waals surface area contributed by atoms with Gasteiger partial charge in [-0.2, -0.15) is 13.2 Å². The molecule has 0 saturated carbocycles. The van der Waals surface area contributed by atoms with Crippen LogP contribution in [0, 0.1) is 11.3 Å². The number of rotatable bonds is 5. The average molecular weight is 326 g/mol. The molecule has 21 heavy (non-hydrogen) atoms. The van der Waals surface area contributed by atoms with Gasteiger partial charge in [0.25, 0.3) is 0 Å². The SMILES string of the molecule is CC(C)CC1CNC(C(C)(C)C)CN1CCSC(F)(F)F. The van der Waals surface area contributed by atoms with E-state index in [0.29, 0.717) is 24.5 Å². The summed E-state index contributed by atoms with van der Waals surface area (Å²) in [4.78, 5) is 2.26. The van der Waals surface area contributed by atoms with Gasteiger partial charge in [-0.3, -0.25) is 4.90 Å². The van der Waals surface area contributed by atoms with Crippen molar-refractivity contribution >= 4 is 11.8 Å². The van der Waals surface area contributed by atoms with Crippen molar-refractivity contribution in [2.45, 2.75) is 58.6 Å². The first-order valence-electron chi connectivity index (χ1n) is 7.67. The highest BCUT2D eigenvalue weighted by Crippen LogP contribution is 2.31. The van der Waals surface area contributed by atoms with E-state index < -0.39 is 5.51 Å². The van der Waals surface area contributed by atoms with E-state index in [1.807, 2.05) is 0 Å². The number of nitrogens with one attached hydrogen (secondary N) is 1. The quantitative estimate of drug-likeness (QED) is 0.823. The van der Waals surface area contributed by atoms with Crippen molar-refractivity contribution in [2.24, 2.45) is 11.3 Å². The van der Waals surface area contributed by atoms with E-state index in [1.54, 1.807) is 0 Å². The summed E-state index contributed by atoms with van der Waals surface area (Å²) in [7, 11) is 0. The molecule has 126 valence electrons. The van der Waals surface area contributed by atoms with E-state index in [4.69, 9.17) is 0 Å². The molecule has 0 aromatic rings. The predicted octanol–water partition coefficient (Wildman–Crippen LogP) is 3.97. The lowest BCUT2D eigenvalue weighted by atomic mass is 9.84. The van der Waals surface area contributed by atoms with Crippen LogP contribution < -0.4 is 5.32 Å². The Hall–Kier alpha value is 0.0600. The van der Waals surface area contributed by atoms with Crippen molar-refractivity contribution in [2.75, 3.05) is 25.4 Å². The molecule has 1 saturated heterocycles. The van der Waals surface area contributed by atoms with Crippen molar-refractivity contribution < 1.29 is 13.2 Å². The largest absolute Gasteiger partial charge is 0.441 e. The molecule has 1 fully saturated rings. The van der Waals surface area contributed by atoms with Crippen LogP contribution in [0.15, 0.2) is 0 Å². The van der Waals surface area contributed by atoms with Gasteiger partial charge < -0.3 is 5.32 Å². The topological polar surface area (TPSA) is 15.3 Å². The number of hydrogen-bond acceptors (Lipinski definition) is 3. The van der Waals surface area contributed by atoms with Crippen molar-refractivity contribution in [1.82, 2.24) is 10.2 Å². The van der Waals surface area contributed by atoms with E-state index in [-0.39, 0.29) is 22.9 Å². The average Bonchev–Trinajstić information content (AvgIpc) is 2.27. The lowest BCUT2D eigenvalue weighted by Gasteiger charge is -2.45. The molecule has 1 N–H and O–H groups in total. The molecule has 0 bridgehead atoms. The molecular weight excluding hydrogens is 297 g/mol. The third kappa shape index (κ3) is 7.24. The number of hydrogen-bond donors (Lipinski definition) is 1. The number of nitrogens with zero attached hydrogens (tertiary/aromatic N) is 1. The fourth-order valence-corrected chi connectivity index (χ4v) is 3.32. The van der Waals surface area contributed by atoms with E-state index in [0.717, 1.165) is 19.5 Å². The van der Waals surface area contributed by atoms with Gasteiger partial charge in [-0.25, -0.2) is 0 Å². The number of halogens is 3. The lowest BCUT2D eigenvalue weighted by molar-refractivity contribution is -0.0330. The smallest absolute Gasteiger partial charge is 0.311 e. The number of thioether (sulfide) groups is 1. The Morgan fingerprint density at radius 2 is 1.86 bits per heavy atom. The maximum Gasteiger partial charge on any atom is 0.441 e. The molecule has 2 nitrogen and oxygen atoms in total. The van der Waals surface area contributed by atoms with Crippen LogP contribution in [0.1, 0.15) is 41.0 Å². The van der Waals surface area contributed by atoms with Crippen molar-refractivity contribution in [1.29, 1.82) is 0 Å². The Labute approximate surface area is 131 Å². The molecule has 2 unspecified atom stereocenters. The molecule has 0 amide bonds. The van der Waals surface area contributed by atoms with Gasteiger partial charge in [-0.1, -0.05) is 34.6 Å². The van der Waals surface area contributed by atoms with Crippen LogP contribution >= 0.6 is 11.8 Å². The first-order chi connectivity index (χ1) is 9.49. The first kappa shape index (κ1) is 19.1. The van der Waals surface area contributed by atoms with Gasteiger partial charge in [0.2, 0.25) is 0 Å². The Kier molecular flexibility index (Phi) is 6.87. The Morgan fingerprint density at radius 3 is 2.33 bits per heavy atom. The number of piperazine rings is 1. The summed E-state index contributed by atoms with van der Waals surface area (Å²) < 4.78 is 36.9. The maximum absolute atomic E-state index is 12.3. The summed E-state index contributed by atoms with van der Waals surface area (Å²) in [6.07, 6.45) is 1.03. The second kappa shape index (κ2) is 7.55.